The number of fused-ring (bicyclic) bond motifs is 4. The van der Waals surface area contributed by atoms with Crippen LogP contribution >= 0.6 is 0 Å². The van der Waals surface area contributed by atoms with Gasteiger partial charge in [-0.3, -0.25) is 0 Å². The molecule has 184 valence electrons. The van der Waals surface area contributed by atoms with Crippen molar-refractivity contribution in [1.29, 1.82) is 0 Å². The molecule has 0 saturated carbocycles. The van der Waals surface area contributed by atoms with E-state index in [1.165, 1.54) is 0 Å². The molecule has 4 aromatic rings. The number of rotatable bonds is 7. The molecule has 1 unspecified atom stereocenters. The van der Waals surface area contributed by atoms with Crippen LogP contribution in [0.15, 0.2) is 66.7 Å². The smallest absolute Gasteiger partial charge is 0.407 e. The zero-order valence-corrected chi connectivity index (χ0v) is 20.4. The second kappa shape index (κ2) is 9.41. The molecular weight excluding hydrogens is 456 g/mol. The van der Waals surface area contributed by atoms with E-state index in [2.05, 4.69) is 17.4 Å². The first-order valence-electron chi connectivity index (χ1n) is 11.8. The summed E-state index contributed by atoms with van der Waals surface area (Å²) >= 11 is 0. The fourth-order valence-electron chi connectivity index (χ4n) is 5.20. The zero-order chi connectivity index (χ0) is 25.4. The highest BCUT2D eigenvalue weighted by molar-refractivity contribution is 5.88. The van der Waals surface area contributed by atoms with Gasteiger partial charge in [-0.1, -0.05) is 48.5 Å². The maximum Gasteiger partial charge on any atom is 0.407 e. The average molecular weight is 485 g/mol. The minimum atomic E-state index is -1.14. The molecule has 2 N–H and O–H groups in total. The van der Waals surface area contributed by atoms with Crippen LogP contribution in [0.4, 0.5) is 4.79 Å². The Morgan fingerprint density at radius 2 is 1.67 bits per heavy atom. The Bertz CT molecular complexity index is 1430. The average Bonchev–Trinajstić information content (AvgIpc) is 3.33. The van der Waals surface area contributed by atoms with Crippen molar-refractivity contribution in [1.82, 2.24) is 9.88 Å². The van der Waals surface area contributed by atoms with Gasteiger partial charge in [-0.2, -0.15) is 0 Å². The number of methoxy groups -OCH3 is 1. The first-order valence-corrected chi connectivity index (χ1v) is 11.8. The quantitative estimate of drug-likeness (QED) is 0.384. The summed E-state index contributed by atoms with van der Waals surface area (Å²) in [5.74, 6) is -0.535. The van der Waals surface area contributed by atoms with Gasteiger partial charge < -0.3 is 24.5 Å². The van der Waals surface area contributed by atoms with E-state index in [0.717, 1.165) is 44.4 Å². The molecule has 1 aliphatic carbocycles. The summed E-state index contributed by atoms with van der Waals surface area (Å²) in [5.41, 5.74) is 7.20. The third-order valence-corrected chi connectivity index (χ3v) is 7.17. The number of benzene rings is 3. The second-order valence-electron chi connectivity index (χ2n) is 9.07. The van der Waals surface area contributed by atoms with Crippen molar-refractivity contribution in [2.24, 2.45) is 7.05 Å². The van der Waals surface area contributed by atoms with E-state index in [1.54, 1.807) is 7.11 Å². The van der Waals surface area contributed by atoms with E-state index in [4.69, 9.17) is 9.47 Å². The number of alkyl carbamates (subject to hydrolysis) is 1. The van der Waals surface area contributed by atoms with Crippen LogP contribution in [0.2, 0.25) is 0 Å². The van der Waals surface area contributed by atoms with Crippen molar-refractivity contribution in [3.63, 3.8) is 0 Å². The molecule has 0 radical (unpaired) electrons. The molecule has 0 saturated heterocycles. The number of aryl methyl sites for hydroxylation is 1. The fraction of sp³-hybridized carbons (Fsp3) is 0.241. The molecule has 3 aromatic carbocycles. The minimum absolute atomic E-state index is 0.0980. The lowest BCUT2D eigenvalue weighted by atomic mass is 9.98. The summed E-state index contributed by atoms with van der Waals surface area (Å²) in [7, 11) is 3.53. The number of carboxylic acids is 1. The van der Waals surface area contributed by atoms with E-state index in [9.17, 15) is 14.7 Å². The number of nitrogens with one attached hydrogen (secondary N) is 1. The van der Waals surface area contributed by atoms with Gasteiger partial charge in [-0.25, -0.2) is 9.59 Å². The molecule has 1 aromatic heterocycles. The van der Waals surface area contributed by atoms with Gasteiger partial charge in [-0.15, -0.1) is 0 Å². The number of nitrogens with zero attached hydrogens (tertiary/aromatic N) is 1. The van der Waals surface area contributed by atoms with Gasteiger partial charge in [0, 0.05) is 36.0 Å². The molecule has 1 aliphatic rings. The Morgan fingerprint density at radius 3 is 2.28 bits per heavy atom. The number of amides is 1. The van der Waals surface area contributed by atoms with Crippen molar-refractivity contribution in [2.45, 2.75) is 25.3 Å². The largest absolute Gasteiger partial charge is 0.497 e. The minimum Gasteiger partial charge on any atom is -0.497 e. The van der Waals surface area contributed by atoms with E-state index in [0.29, 0.717) is 5.75 Å². The van der Waals surface area contributed by atoms with Crippen LogP contribution in [0.3, 0.4) is 0 Å². The third-order valence-electron chi connectivity index (χ3n) is 7.17. The third kappa shape index (κ3) is 4.06. The predicted molar refractivity (Wildman–Crippen MR) is 138 cm³/mol. The Labute approximate surface area is 209 Å². The molecule has 5 rings (SSSR count). The molecule has 7 nitrogen and oxygen atoms in total. The molecule has 0 bridgehead atoms. The lowest BCUT2D eigenvalue weighted by Gasteiger charge is -2.18. The van der Waals surface area contributed by atoms with Gasteiger partial charge in [-0.05, 0) is 52.9 Å². The molecule has 36 heavy (non-hydrogen) atoms. The van der Waals surface area contributed by atoms with E-state index >= 15 is 0 Å². The van der Waals surface area contributed by atoms with Gasteiger partial charge in [0.15, 0.2) is 0 Å². The summed E-state index contributed by atoms with van der Waals surface area (Å²) in [6.45, 7) is 2.06. The molecule has 1 atom stereocenters. The molecule has 7 heteroatoms. The van der Waals surface area contributed by atoms with Crippen LogP contribution < -0.4 is 10.1 Å². The number of aliphatic carboxylic acids is 1. The van der Waals surface area contributed by atoms with Crippen molar-refractivity contribution < 1.29 is 24.2 Å². The predicted octanol–water partition coefficient (Wildman–Crippen LogP) is 5.03. The standard InChI is InChI=1S/C29H28N2O5/c1-17-23(24-14-18(35-3)12-13-27(24)31(17)2)15-26(28(32)33)30-29(34)36-16-25-21-10-6-4-8-19(21)20-9-5-7-11-22(20)25/h4-14,25-26H,15-16H2,1-3H3,(H,30,34)(H,32,33). The first kappa shape index (κ1) is 23.5. The van der Waals surface area contributed by atoms with Crippen molar-refractivity contribution in [3.8, 4) is 16.9 Å². The number of ether oxygens (including phenoxy) is 2. The number of carboxylic acid groups (broad SMARTS) is 1. The van der Waals surface area contributed by atoms with Crippen LogP contribution in [0.25, 0.3) is 22.0 Å². The van der Waals surface area contributed by atoms with Gasteiger partial charge in [0.1, 0.15) is 18.4 Å². The van der Waals surface area contributed by atoms with E-state index < -0.39 is 18.1 Å². The summed E-state index contributed by atoms with van der Waals surface area (Å²) in [4.78, 5) is 24.9. The van der Waals surface area contributed by atoms with Crippen LogP contribution in [0.1, 0.15) is 28.3 Å². The monoisotopic (exact) mass is 484 g/mol. The maximum absolute atomic E-state index is 12.8. The number of carbonyl (C=O) groups excluding carboxylic acids is 1. The van der Waals surface area contributed by atoms with E-state index in [-0.39, 0.29) is 18.9 Å². The van der Waals surface area contributed by atoms with Gasteiger partial charge in [0.05, 0.1) is 7.11 Å². The van der Waals surface area contributed by atoms with Gasteiger partial charge in [0.25, 0.3) is 0 Å². The maximum atomic E-state index is 12.8. The van der Waals surface area contributed by atoms with Crippen LogP contribution in [-0.2, 0) is 23.0 Å². The molecular formula is C29H28N2O5. The van der Waals surface area contributed by atoms with Crippen LogP contribution in [0.5, 0.6) is 5.75 Å². The van der Waals surface area contributed by atoms with Crippen LogP contribution in [-0.4, -0.2) is 41.5 Å². The Hall–Kier alpha value is -4.26. The highest BCUT2D eigenvalue weighted by atomic mass is 16.5. The summed E-state index contributed by atoms with van der Waals surface area (Å²) in [6.07, 6.45) is -0.629. The van der Waals surface area contributed by atoms with Gasteiger partial charge in [0.2, 0.25) is 0 Å². The zero-order valence-electron chi connectivity index (χ0n) is 20.4. The highest BCUT2D eigenvalue weighted by Crippen LogP contribution is 2.44. The lowest BCUT2D eigenvalue weighted by molar-refractivity contribution is -0.139. The first-order chi connectivity index (χ1) is 17.4. The Morgan fingerprint density at radius 1 is 1.03 bits per heavy atom. The van der Waals surface area contributed by atoms with Gasteiger partial charge >= 0.3 is 12.1 Å². The molecule has 0 aliphatic heterocycles. The highest BCUT2D eigenvalue weighted by Gasteiger charge is 2.30. The molecule has 1 amide bonds. The molecule has 0 spiro atoms. The number of hydrogen-bond acceptors (Lipinski definition) is 4. The summed E-state index contributed by atoms with van der Waals surface area (Å²) in [5, 5.41) is 13.4. The van der Waals surface area contributed by atoms with Crippen molar-refractivity contribution >= 4 is 23.0 Å². The van der Waals surface area contributed by atoms with E-state index in [1.807, 2.05) is 73.1 Å². The lowest BCUT2D eigenvalue weighted by Crippen LogP contribution is -2.43. The Kier molecular flexibility index (Phi) is 6.14. The topological polar surface area (TPSA) is 89.8 Å². The number of hydrogen-bond donors (Lipinski definition) is 2. The number of aromatic nitrogens is 1. The summed E-state index contributed by atoms with van der Waals surface area (Å²) in [6, 6.07) is 20.7. The van der Waals surface area contributed by atoms with Crippen molar-refractivity contribution in [3.05, 3.63) is 89.1 Å². The fourth-order valence-corrected chi connectivity index (χ4v) is 5.20. The van der Waals surface area contributed by atoms with Crippen LogP contribution in [0, 0.1) is 6.92 Å². The second-order valence-corrected chi connectivity index (χ2v) is 9.07. The SMILES string of the molecule is COc1ccc2c(c1)c(CC(NC(=O)OCC1c3ccccc3-c3ccccc31)C(=O)O)c(C)n2C. The Balaban J connectivity index is 1.33. The molecule has 0 fully saturated rings. The number of carbonyl (C=O) groups is 2. The normalized spacial score (nSPS) is 13.2. The van der Waals surface area contributed by atoms with Crippen molar-refractivity contribution in [2.75, 3.05) is 13.7 Å². The molecule has 1 heterocycles. The summed E-state index contributed by atoms with van der Waals surface area (Å²) < 4.78 is 12.9.